The van der Waals surface area contributed by atoms with Crippen molar-refractivity contribution in [3.63, 3.8) is 0 Å². The van der Waals surface area contributed by atoms with Gasteiger partial charge in [-0.3, -0.25) is 0 Å². The van der Waals surface area contributed by atoms with Gasteiger partial charge in [-0.15, -0.1) is 0 Å². The summed E-state index contributed by atoms with van der Waals surface area (Å²) in [5, 5.41) is 8.88. The first-order valence-electron chi connectivity index (χ1n) is 5.52. The molecule has 0 unspecified atom stereocenters. The number of nitrogens with one attached hydrogen (secondary N) is 3. The van der Waals surface area contributed by atoms with Crippen molar-refractivity contribution in [1.82, 2.24) is 16.0 Å². The largest absolute Gasteiger partial charge is 0.338 e. The molecule has 82 valence electrons. The van der Waals surface area contributed by atoms with Crippen molar-refractivity contribution in [2.45, 2.75) is 38.1 Å². The monoisotopic (exact) mass is 199 g/mol. The molecule has 14 heavy (non-hydrogen) atoms. The van der Waals surface area contributed by atoms with E-state index in [1.807, 2.05) is 7.05 Å². The summed E-state index contributed by atoms with van der Waals surface area (Å²) in [6.07, 6.45) is 5.78. The molecule has 2 amide bonds. The number of hydrogen-bond acceptors (Lipinski definition) is 2. The van der Waals surface area contributed by atoms with Gasteiger partial charge in [-0.05, 0) is 32.9 Å². The van der Waals surface area contributed by atoms with E-state index >= 15 is 0 Å². The van der Waals surface area contributed by atoms with Gasteiger partial charge in [0.1, 0.15) is 0 Å². The molecule has 1 rings (SSSR count). The van der Waals surface area contributed by atoms with Gasteiger partial charge >= 0.3 is 6.03 Å². The van der Waals surface area contributed by atoms with E-state index in [1.165, 1.54) is 12.8 Å². The minimum Gasteiger partial charge on any atom is -0.338 e. The third-order valence-corrected chi connectivity index (χ3v) is 2.58. The molecule has 4 heteroatoms. The average molecular weight is 199 g/mol. The number of hydrogen-bond donors (Lipinski definition) is 3. The maximum Gasteiger partial charge on any atom is 0.315 e. The minimum absolute atomic E-state index is 0.00648. The number of rotatable bonds is 5. The van der Waals surface area contributed by atoms with E-state index in [4.69, 9.17) is 0 Å². The quantitative estimate of drug-likeness (QED) is 0.575. The molecule has 0 aromatic rings. The zero-order valence-corrected chi connectivity index (χ0v) is 8.94. The van der Waals surface area contributed by atoms with Gasteiger partial charge in [0.15, 0.2) is 0 Å². The second kappa shape index (κ2) is 6.65. The molecule has 4 nitrogen and oxygen atoms in total. The standard InChI is InChI=1S/C10H21N3O/c1-11-7-4-8-12-10(14)13-9-5-2-3-6-9/h9,11H,2-8H2,1H3,(H2,12,13,14). The van der Waals surface area contributed by atoms with E-state index in [1.54, 1.807) is 0 Å². The van der Waals surface area contributed by atoms with Gasteiger partial charge in [0.05, 0.1) is 0 Å². The van der Waals surface area contributed by atoms with E-state index in [-0.39, 0.29) is 6.03 Å². The molecule has 1 fully saturated rings. The number of urea groups is 1. The Morgan fingerprint density at radius 1 is 1.29 bits per heavy atom. The molecule has 0 aromatic carbocycles. The lowest BCUT2D eigenvalue weighted by Crippen LogP contribution is -2.41. The van der Waals surface area contributed by atoms with Gasteiger partial charge < -0.3 is 16.0 Å². The normalized spacial score (nSPS) is 16.9. The summed E-state index contributed by atoms with van der Waals surface area (Å²) in [5.41, 5.74) is 0. The molecule has 0 radical (unpaired) electrons. The van der Waals surface area contributed by atoms with Gasteiger partial charge in [-0.1, -0.05) is 12.8 Å². The summed E-state index contributed by atoms with van der Waals surface area (Å²) in [7, 11) is 1.92. The van der Waals surface area contributed by atoms with Crippen LogP contribution in [0.15, 0.2) is 0 Å². The van der Waals surface area contributed by atoms with Gasteiger partial charge in [-0.2, -0.15) is 0 Å². The highest BCUT2D eigenvalue weighted by Gasteiger charge is 2.16. The van der Waals surface area contributed by atoms with E-state index in [0.29, 0.717) is 6.04 Å². The fourth-order valence-electron chi connectivity index (χ4n) is 1.77. The number of carbonyl (C=O) groups is 1. The Kier molecular flexibility index (Phi) is 5.37. The minimum atomic E-state index is -0.00648. The Morgan fingerprint density at radius 3 is 2.64 bits per heavy atom. The van der Waals surface area contributed by atoms with Crippen molar-refractivity contribution in [2.75, 3.05) is 20.1 Å². The Bertz CT molecular complexity index is 167. The van der Waals surface area contributed by atoms with Crippen LogP contribution in [0.5, 0.6) is 0 Å². The topological polar surface area (TPSA) is 53.2 Å². The summed E-state index contributed by atoms with van der Waals surface area (Å²) in [6.45, 7) is 1.70. The summed E-state index contributed by atoms with van der Waals surface area (Å²) < 4.78 is 0. The molecule has 0 aromatic heterocycles. The van der Waals surface area contributed by atoms with Crippen LogP contribution in [0.4, 0.5) is 4.79 Å². The van der Waals surface area contributed by atoms with Crippen molar-refractivity contribution in [2.24, 2.45) is 0 Å². The average Bonchev–Trinajstić information content (AvgIpc) is 2.65. The van der Waals surface area contributed by atoms with Crippen LogP contribution in [-0.4, -0.2) is 32.2 Å². The third kappa shape index (κ3) is 4.46. The highest BCUT2D eigenvalue weighted by Crippen LogP contribution is 2.17. The molecule has 1 aliphatic rings. The Labute approximate surface area is 85.8 Å². The van der Waals surface area contributed by atoms with Crippen LogP contribution in [0.1, 0.15) is 32.1 Å². The zero-order valence-electron chi connectivity index (χ0n) is 8.94. The van der Waals surface area contributed by atoms with Crippen molar-refractivity contribution >= 4 is 6.03 Å². The zero-order chi connectivity index (χ0) is 10.2. The van der Waals surface area contributed by atoms with Gasteiger partial charge in [0.25, 0.3) is 0 Å². The van der Waals surface area contributed by atoms with Crippen molar-refractivity contribution < 1.29 is 4.79 Å². The van der Waals surface area contributed by atoms with Gasteiger partial charge in [0.2, 0.25) is 0 Å². The smallest absolute Gasteiger partial charge is 0.315 e. The van der Waals surface area contributed by atoms with Crippen LogP contribution >= 0.6 is 0 Å². The molecule has 0 heterocycles. The Morgan fingerprint density at radius 2 is 2.00 bits per heavy atom. The molecule has 0 aliphatic heterocycles. The number of carbonyl (C=O) groups excluding carboxylic acids is 1. The highest BCUT2D eigenvalue weighted by molar-refractivity contribution is 5.74. The molecule has 0 saturated heterocycles. The molecule has 0 atom stereocenters. The summed E-state index contributed by atoms with van der Waals surface area (Å²) >= 11 is 0. The second-order valence-corrected chi connectivity index (χ2v) is 3.84. The van der Waals surface area contributed by atoms with Crippen LogP contribution < -0.4 is 16.0 Å². The lowest BCUT2D eigenvalue weighted by molar-refractivity contribution is 0.237. The predicted molar refractivity (Wildman–Crippen MR) is 57.3 cm³/mol. The van der Waals surface area contributed by atoms with Crippen LogP contribution in [0, 0.1) is 0 Å². The van der Waals surface area contributed by atoms with Crippen molar-refractivity contribution in [3.05, 3.63) is 0 Å². The Hall–Kier alpha value is -0.770. The number of amides is 2. The molecule has 1 saturated carbocycles. The molecule has 3 N–H and O–H groups in total. The maximum absolute atomic E-state index is 11.3. The van der Waals surface area contributed by atoms with Crippen LogP contribution in [-0.2, 0) is 0 Å². The maximum atomic E-state index is 11.3. The highest BCUT2D eigenvalue weighted by atomic mass is 16.2. The molecule has 1 aliphatic carbocycles. The van der Waals surface area contributed by atoms with Crippen LogP contribution in [0.2, 0.25) is 0 Å². The van der Waals surface area contributed by atoms with Crippen LogP contribution in [0.3, 0.4) is 0 Å². The third-order valence-electron chi connectivity index (χ3n) is 2.58. The molecular formula is C10H21N3O. The lowest BCUT2D eigenvalue weighted by Gasteiger charge is -2.12. The lowest BCUT2D eigenvalue weighted by atomic mass is 10.2. The molecule has 0 spiro atoms. The van der Waals surface area contributed by atoms with Gasteiger partial charge in [0, 0.05) is 12.6 Å². The summed E-state index contributed by atoms with van der Waals surface area (Å²) in [5.74, 6) is 0. The SMILES string of the molecule is CNCCCNC(=O)NC1CCCC1. The fraction of sp³-hybridized carbons (Fsp3) is 0.900. The summed E-state index contributed by atoms with van der Waals surface area (Å²) in [6, 6.07) is 0.410. The molecular weight excluding hydrogens is 178 g/mol. The second-order valence-electron chi connectivity index (χ2n) is 3.84. The van der Waals surface area contributed by atoms with E-state index in [2.05, 4.69) is 16.0 Å². The van der Waals surface area contributed by atoms with Gasteiger partial charge in [-0.25, -0.2) is 4.79 Å². The van der Waals surface area contributed by atoms with E-state index in [0.717, 1.165) is 32.4 Å². The van der Waals surface area contributed by atoms with Crippen molar-refractivity contribution in [3.8, 4) is 0 Å². The summed E-state index contributed by atoms with van der Waals surface area (Å²) in [4.78, 5) is 11.3. The predicted octanol–water partition coefficient (Wildman–Crippen LogP) is 0.838. The van der Waals surface area contributed by atoms with E-state index in [9.17, 15) is 4.79 Å². The first kappa shape index (κ1) is 11.3. The fourth-order valence-corrected chi connectivity index (χ4v) is 1.77. The first-order valence-corrected chi connectivity index (χ1v) is 5.52. The van der Waals surface area contributed by atoms with Crippen molar-refractivity contribution in [1.29, 1.82) is 0 Å². The first-order chi connectivity index (χ1) is 6.83. The molecule has 0 bridgehead atoms. The Balaban J connectivity index is 1.98. The van der Waals surface area contributed by atoms with Crippen LogP contribution in [0.25, 0.3) is 0 Å². The van der Waals surface area contributed by atoms with E-state index < -0.39 is 0 Å².